The smallest absolute Gasteiger partial charge is 0.283 e. The van der Waals surface area contributed by atoms with E-state index in [1.165, 1.54) is 4.68 Å². The van der Waals surface area contributed by atoms with Crippen LogP contribution in [-0.4, -0.2) is 15.3 Å². The average molecular weight is 330 g/mol. The topological polar surface area (TPSA) is 46.9 Å². The van der Waals surface area contributed by atoms with Gasteiger partial charge in [0.15, 0.2) is 0 Å². The first kappa shape index (κ1) is 16.2. The molecule has 1 aromatic heterocycles. The van der Waals surface area contributed by atoms with E-state index in [2.05, 4.69) is 54.0 Å². The van der Waals surface area contributed by atoms with Crippen LogP contribution < -0.4 is 10.9 Å². The highest BCUT2D eigenvalue weighted by Crippen LogP contribution is 2.25. The maximum absolute atomic E-state index is 12.2. The predicted octanol–water partition coefficient (Wildman–Crippen LogP) is 3.80. The molecule has 1 N–H and O–H groups in total. The molecule has 0 radical (unpaired) electrons. The molecule has 1 rings (SSSR count). The molecule has 0 amide bonds. The molecule has 0 unspecified atom stereocenters. The molecule has 0 aliphatic heterocycles. The third-order valence-corrected chi connectivity index (χ3v) is 4.47. The van der Waals surface area contributed by atoms with E-state index in [0.717, 1.165) is 31.4 Å². The Morgan fingerprint density at radius 1 is 1.37 bits per heavy atom. The summed E-state index contributed by atoms with van der Waals surface area (Å²) in [5.74, 6) is 0. The van der Waals surface area contributed by atoms with Gasteiger partial charge in [0.2, 0.25) is 0 Å². The summed E-state index contributed by atoms with van der Waals surface area (Å²) in [6.07, 6.45) is 5.75. The van der Waals surface area contributed by atoms with Crippen molar-refractivity contribution in [3.8, 4) is 0 Å². The number of nitrogens with zero attached hydrogens (tertiary/aromatic N) is 2. The van der Waals surface area contributed by atoms with Crippen molar-refractivity contribution in [3.63, 3.8) is 0 Å². The Morgan fingerprint density at radius 2 is 2.00 bits per heavy atom. The van der Waals surface area contributed by atoms with Gasteiger partial charge < -0.3 is 5.32 Å². The lowest BCUT2D eigenvalue weighted by molar-refractivity contribution is 0.476. The first-order chi connectivity index (χ1) is 8.97. The lowest BCUT2D eigenvalue weighted by atomic mass is 9.95. The van der Waals surface area contributed by atoms with E-state index in [0.29, 0.717) is 11.0 Å². The third kappa shape index (κ3) is 4.06. The SMILES string of the molecule is CCCCn1ncc(NC(C)(CC)CC)c(Br)c1=O. The van der Waals surface area contributed by atoms with Crippen LogP contribution >= 0.6 is 15.9 Å². The van der Waals surface area contributed by atoms with Crippen LogP contribution in [0.4, 0.5) is 5.69 Å². The molecular formula is C14H24BrN3O. The summed E-state index contributed by atoms with van der Waals surface area (Å²) in [5, 5.41) is 7.67. The fourth-order valence-electron chi connectivity index (χ4n) is 1.77. The summed E-state index contributed by atoms with van der Waals surface area (Å²) < 4.78 is 2.10. The van der Waals surface area contributed by atoms with Gasteiger partial charge in [-0.15, -0.1) is 0 Å². The zero-order valence-corrected chi connectivity index (χ0v) is 13.9. The van der Waals surface area contributed by atoms with Gasteiger partial charge in [-0.1, -0.05) is 27.2 Å². The summed E-state index contributed by atoms with van der Waals surface area (Å²) in [4.78, 5) is 12.2. The number of aryl methyl sites for hydroxylation is 1. The Kier molecular flexibility index (Phi) is 6.04. The van der Waals surface area contributed by atoms with Crippen LogP contribution in [-0.2, 0) is 6.54 Å². The fraction of sp³-hybridized carbons (Fsp3) is 0.714. The molecule has 19 heavy (non-hydrogen) atoms. The van der Waals surface area contributed by atoms with Crippen molar-refractivity contribution in [2.45, 2.75) is 65.5 Å². The fourth-order valence-corrected chi connectivity index (χ4v) is 2.18. The Labute approximate surface area is 123 Å². The van der Waals surface area contributed by atoms with Crippen molar-refractivity contribution in [1.82, 2.24) is 9.78 Å². The number of hydrogen-bond acceptors (Lipinski definition) is 3. The van der Waals surface area contributed by atoms with Crippen LogP contribution in [0.2, 0.25) is 0 Å². The third-order valence-electron chi connectivity index (χ3n) is 3.71. The van der Waals surface area contributed by atoms with Crippen LogP contribution in [0, 0.1) is 0 Å². The highest BCUT2D eigenvalue weighted by Gasteiger charge is 2.21. The Morgan fingerprint density at radius 3 is 2.53 bits per heavy atom. The number of aromatic nitrogens is 2. The molecule has 0 saturated carbocycles. The van der Waals surface area contributed by atoms with Crippen LogP contribution in [0.1, 0.15) is 53.4 Å². The summed E-state index contributed by atoms with van der Waals surface area (Å²) in [7, 11) is 0. The second-order valence-corrected chi connectivity index (χ2v) is 5.94. The number of nitrogens with one attached hydrogen (secondary N) is 1. The van der Waals surface area contributed by atoms with Crippen molar-refractivity contribution in [2.24, 2.45) is 0 Å². The Balaban J connectivity index is 2.99. The normalized spacial score (nSPS) is 11.6. The minimum absolute atomic E-state index is 0.00770. The molecule has 0 bridgehead atoms. The molecule has 0 spiro atoms. The van der Waals surface area contributed by atoms with Crippen LogP contribution in [0.25, 0.3) is 0 Å². The number of halogens is 1. The highest BCUT2D eigenvalue weighted by molar-refractivity contribution is 9.10. The standard InChI is InChI=1S/C14H24BrN3O/c1-5-8-9-18-13(19)12(15)11(10-16-18)17-14(4,6-2)7-3/h10,17H,5-9H2,1-4H3. The van der Waals surface area contributed by atoms with Crippen LogP contribution in [0.5, 0.6) is 0 Å². The van der Waals surface area contributed by atoms with Gasteiger partial charge in [0.05, 0.1) is 11.9 Å². The summed E-state index contributed by atoms with van der Waals surface area (Å²) >= 11 is 3.40. The summed E-state index contributed by atoms with van der Waals surface area (Å²) in [6, 6.07) is 0. The van der Waals surface area contributed by atoms with Gasteiger partial charge in [0.25, 0.3) is 5.56 Å². The van der Waals surface area contributed by atoms with E-state index < -0.39 is 0 Å². The van der Waals surface area contributed by atoms with E-state index in [1.807, 2.05) is 0 Å². The van der Waals surface area contributed by atoms with E-state index in [4.69, 9.17) is 0 Å². The predicted molar refractivity (Wildman–Crippen MR) is 83.7 cm³/mol. The molecule has 1 aromatic rings. The largest absolute Gasteiger partial charge is 0.378 e. The lowest BCUT2D eigenvalue weighted by Crippen LogP contribution is -2.34. The minimum atomic E-state index is -0.0620. The Hall–Kier alpha value is -0.840. The number of rotatable bonds is 7. The highest BCUT2D eigenvalue weighted by atomic mass is 79.9. The first-order valence-electron chi connectivity index (χ1n) is 7.01. The van der Waals surface area contributed by atoms with E-state index >= 15 is 0 Å². The van der Waals surface area contributed by atoms with Crippen molar-refractivity contribution in [3.05, 3.63) is 21.0 Å². The van der Waals surface area contributed by atoms with Crippen molar-refractivity contribution in [1.29, 1.82) is 0 Å². The molecule has 4 nitrogen and oxygen atoms in total. The molecule has 0 aromatic carbocycles. The maximum atomic E-state index is 12.2. The number of unbranched alkanes of at least 4 members (excludes halogenated alkanes) is 1. The number of anilines is 1. The second-order valence-electron chi connectivity index (χ2n) is 5.15. The van der Waals surface area contributed by atoms with E-state index in [1.54, 1.807) is 6.20 Å². The van der Waals surface area contributed by atoms with Gasteiger partial charge in [-0.3, -0.25) is 4.79 Å². The van der Waals surface area contributed by atoms with E-state index in [9.17, 15) is 4.79 Å². The first-order valence-corrected chi connectivity index (χ1v) is 7.80. The lowest BCUT2D eigenvalue weighted by Gasteiger charge is -2.29. The number of hydrogen-bond donors (Lipinski definition) is 1. The van der Waals surface area contributed by atoms with E-state index in [-0.39, 0.29) is 11.1 Å². The van der Waals surface area contributed by atoms with Crippen LogP contribution in [0.3, 0.4) is 0 Å². The van der Waals surface area contributed by atoms with Gasteiger partial charge in [-0.05, 0) is 42.1 Å². The van der Waals surface area contributed by atoms with Crippen molar-refractivity contribution < 1.29 is 0 Å². The summed E-state index contributed by atoms with van der Waals surface area (Å²) in [5.41, 5.74) is 0.712. The van der Waals surface area contributed by atoms with Gasteiger partial charge in [-0.25, -0.2) is 4.68 Å². The Bertz CT molecular complexity index is 466. The maximum Gasteiger partial charge on any atom is 0.283 e. The summed E-state index contributed by atoms with van der Waals surface area (Å²) in [6.45, 7) is 9.21. The van der Waals surface area contributed by atoms with Gasteiger partial charge in [0, 0.05) is 12.1 Å². The minimum Gasteiger partial charge on any atom is -0.378 e. The quantitative estimate of drug-likeness (QED) is 0.827. The zero-order valence-electron chi connectivity index (χ0n) is 12.3. The molecular weight excluding hydrogens is 306 g/mol. The molecule has 0 fully saturated rings. The molecule has 108 valence electrons. The molecule has 0 atom stereocenters. The molecule has 0 saturated heterocycles. The monoisotopic (exact) mass is 329 g/mol. The molecule has 0 aliphatic rings. The van der Waals surface area contributed by atoms with Gasteiger partial charge in [0.1, 0.15) is 4.47 Å². The molecule has 1 heterocycles. The molecule has 5 heteroatoms. The van der Waals surface area contributed by atoms with Gasteiger partial charge in [-0.2, -0.15) is 5.10 Å². The zero-order chi connectivity index (χ0) is 14.5. The van der Waals surface area contributed by atoms with Crippen molar-refractivity contribution >= 4 is 21.6 Å². The second kappa shape index (κ2) is 7.08. The van der Waals surface area contributed by atoms with Crippen molar-refractivity contribution in [2.75, 3.05) is 5.32 Å². The van der Waals surface area contributed by atoms with Gasteiger partial charge >= 0.3 is 0 Å². The molecule has 0 aliphatic carbocycles. The van der Waals surface area contributed by atoms with Crippen LogP contribution in [0.15, 0.2) is 15.5 Å². The average Bonchev–Trinajstić information content (AvgIpc) is 2.43.